The number of nitrogens with one attached hydrogen (secondary N) is 1. The van der Waals surface area contributed by atoms with Crippen molar-refractivity contribution < 1.29 is 5.11 Å². The van der Waals surface area contributed by atoms with E-state index in [0.717, 1.165) is 49.6 Å². The SMILES string of the molecule is Cc1ncc(CNCC2CCCC2O)n1-c1ccccc1. The van der Waals surface area contributed by atoms with Crippen LogP contribution in [0.1, 0.15) is 30.8 Å². The molecule has 1 aliphatic carbocycles. The van der Waals surface area contributed by atoms with Gasteiger partial charge in [-0.2, -0.15) is 0 Å². The van der Waals surface area contributed by atoms with Crippen LogP contribution in [0.3, 0.4) is 0 Å². The van der Waals surface area contributed by atoms with Gasteiger partial charge in [-0.3, -0.25) is 4.57 Å². The zero-order valence-corrected chi connectivity index (χ0v) is 12.5. The maximum atomic E-state index is 9.87. The number of para-hydroxylation sites is 1. The molecule has 0 amide bonds. The maximum absolute atomic E-state index is 9.87. The van der Waals surface area contributed by atoms with E-state index >= 15 is 0 Å². The predicted molar refractivity (Wildman–Crippen MR) is 83.4 cm³/mol. The van der Waals surface area contributed by atoms with Gasteiger partial charge < -0.3 is 10.4 Å². The summed E-state index contributed by atoms with van der Waals surface area (Å²) in [6.07, 6.45) is 5.03. The average molecular weight is 285 g/mol. The van der Waals surface area contributed by atoms with Gasteiger partial charge in [0.2, 0.25) is 0 Å². The Bertz CT molecular complexity index is 579. The smallest absolute Gasteiger partial charge is 0.110 e. The molecule has 2 atom stereocenters. The lowest BCUT2D eigenvalue weighted by Gasteiger charge is -2.16. The number of aliphatic hydroxyl groups is 1. The van der Waals surface area contributed by atoms with E-state index in [1.807, 2.05) is 31.3 Å². The highest BCUT2D eigenvalue weighted by Crippen LogP contribution is 2.24. The quantitative estimate of drug-likeness (QED) is 0.887. The van der Waals surface area contributed by atoms with Crippen LogP contribution in [0.2, 0.25) is 0 Å². The molecule has 1 heterocycles. The van der Waals surface area contributed by atoms with Gasteiger partial charge in [0.15, 0.2) is 0 Å². The van der Waals surface area contributed by atoms with Crippen molar-refractivity contribution in [3.8, 4) is 5.69 Å². The van der Waals surface area contributed by atoms with E-state index in [4.69, 9.17) is 0 Å². The normalized spacial score (nSPS) is 21.8. The highest BCUT2D eigenvalue weighted by molar-refractivity contribution is 5.35. The van der Waals surface area contributed by atoms with Crippen LogP contribution >= 0.6 is 0 Å². The first kappa shape index (κ1) is 14.3. The van der Waals surface area contributed by atoms with E-state index in [1.54, 1.807) is 0 Å². The number of rotatable bonds is 5. The van der Waals surface area contributed by atoms with E-state index < -0.39 is 0 Å². The monoisotopic (exact) mass is 285 g/mol. The van der Waals surface area contributed by atoms with Crippen molar-refractivity contribution in [3.63, 3.8) is 0 Å². The molecule has 0 bridgehead atoms. The number of aromatic nitrogens is 2. The van der Waals surface area contributed by atoms with E-state index in [2.05, 4.69) is 27.0 Å². The average Bonchev–Trinajstić information content (AvgIpc) is 3.07. The highest BCUT2D eigenvalue weighted by Gasteiger charge is 2.24. The van der Waals surface area contributed by atoms with Crippen molar-refractivity contribution in [3.05, 3.63) is 48.0 Å². The standard InChI is InChI=1S/C17H23N3O/c1-13-19-12-16(20(13)15-7-3-2-4-8-15)11-18-10-14-6-5-9-17(14)21/h2-4,7-8,12,14,17-18,21H,5-6,9-11H2,1H3. The van der Waals surface area contributed by atoms with Gasteiger partial charge >= 0.3 is 0 Å². The Hall–Kier alpha value is -1.65. The third-order valence-corrected chi connectivity index (χ3v) is 4.36. The number of imidazole rings is 1. The summed E-state index contributed by atoms with van der Waals surface area (Å²) in [6.45, 7) is 3.68. The van der Waals surface area contributed by atoms with Crippen LogP contribution < -0.4 is 5.32 Å². The fourth-order valence-electron chi connectivity index (χ4n) is 3.19. The van der Waals surface area contributed by atoms with E-state index in [9.17, 15) is 5.11 Å². The Morgan fingerprint density at radius 1 is 1.29 bits per heavy atom. The summed E-state index contributed by atoms with van der Waals surface area (Å²) in [5.74, 6) is 1.40. The number of aliphatic hydroxyl groups excluding tert-OH is 1. The van der Waals surface area contributed by atoms with Crippen molar-refractivity contribution in [1.29, 1.82) is 0 Å². The molecule has 0 spiro atoms. The zero-order valence-electron chi connectivity index (χ0n) is 12.5. The van der Waals surface area contributed by atoms with Gasteiger partial charge in [0.25, 0.3) is 0 Å². The molecule has 0 saturated heterocycles. The number of nitrogens with zero attached hydrogens (tertiary/aromatic N) is 2. The Balaban J connectivity index is 1.66. The minimum Gasteiger partial charge on any atom is -0.393 e. The fourth-order valence-corrected chi connectivity index (χ4v) is 3.19. The van der Waals surface area contributed by atoms with Crippen LogP contribution in [0.5, 0.6) is 0 Å². The number of aryl methyl sites for hydroxylation is 1. The lowest BCUT2D eigenvalue weighted by atomic mass is 10.1. The third kappa shape index (κ3) is 3.17. The molecule has 0 radical (unpaired) electrons. The second-order valence-electron chi connectivity index (χ2n) is 5.86. The van der Waals surface area contributed by atoms with Gasteiger partial charge in [0, 0.05) is 18.8 Å². The van der Waals surface area contributed by atoms with Crippen LogP contribution in [0.4, 0.5) is 0 Å². The van der Waals surface area contributed by atoms with Gasteiger partial charge in [0.05, 0.1) is 18.0 Å². The molecule has 2 N–H and O–H groups in total. The summed E-state index contributed by atoms with van der Waals surface area (Å²) < 4.78 is 2.18. The highest BCUT2D eigenvalue weighted by atomic mass is 16.3. The molecule has 1 saturated carbocycles. The molecule has 1 fully saturated rings. The summed E-state index contributed by atoms with van der Waals surface area (Å²) in [5, 5.41) is 13.3. The minimum absolute atomic E-state index is 0.127. The Kier molecular flexibility index (Phi) is 4.36. The molecular formula is C17H23N3O. The van der Waals surface area contributed by atoms with Crippen molar-refractivity contribution in [2.75, 3.05) is 6.54 Å². The molecule has 1 aromatic heterocycles. The molecule has 0 aliphatic heterocycles. The first-order chi connectivity index (χ1) is 10.3. The molecule has 1 aliphatic rings. The molecule has 2 unspecified atom stereocenters. The number of benzene rings is 1. The van der Waals surface area contributed by atoms with E-state index in [0.29, 0.717) is 5.92 Å². The van der Waals surface area contributed by atoms with Crippen molar-refractivity contribution in [2.45, 2.75) is 38.8 Å². The van der Waals surface area contributed by atoms with Crippen LogP contribution in [0, 0.1) is 12.8 Å². The van der Waals surface area contributed by atoms with Gasteiger partial charge in [-0.15, -0.1) is 0 Å². The molecule has 1 aromatic carbocycles. The molecule has 21 heavy (non-hydrogen) atoms. The number of hydrogen-bond acceptors (Lipinski definition) is 3. The molecule has 4 heteroatoms. The zero-order chi connectivity index (χ0) is 14.7. The van der Waals surface area contributed by atoms with Crippen LogP contribution in [-0.2, 0) is 6.54 Å². The summed E-state index contributed by atoms with van der Waals surface area (Å²) in [4.78, 5) is 4.43. The van der Waals surface area contributed by atoms with Gasteiger partial charge in [-0.05, 0) is 37.8 Å². The van der Waals surface area contributed by atoms with E-state index in [1.165, 1.54) is 0 Å². The van der Waals surface area contributed by atoms with Gasteiger partial charge in [0.1, 0.15) is 5.82 Å². The Morgan fingerprint density at radius 3 is 2.81 bits per heavy atom. The summed E-state index contributed by atoms with van der Waals surface area (Å²) in [7, 11) is 0. The summed E-state index contributed by atoms with van der Waals surface area (Å²) >= 11 is 0. The van der Waals surface area contributed by atoms with E-state index in [-0.39, 0.29) is 6.10 Å². The topological polar surface area (TPSA) is 50.1 Å². The molecular weight excluding hydrogens is 262 g/mol. The van der Waals surface area contributed by atoms with Gasteiger partial charge in [-0.25, -0.2) is 4.98 Å². The number of hydrogen-bond donors (Lipinski definition) is 2. The molecule has 3 rings (SSSR count). The molecule has 2 aromatic rings. The minimum atomic E-state index is -0.127. The lowest BCUT2D eigenvalue weighted by Crippen LogP contribution is -2.28. The fraction of sp³-hybridized carbons (Fsp3) is 0.471. The first-order valence-electron chi connectivity index (χ1n) is 7.73. The van der Waals surface area contributed by atoms with Crippen molar-refractivity contribution in [2.24, 2.45) is 5.92 Å². The van der Waals surface area contributed by atoms with Crippen molar-refractivity contribution >= 4 is 0 Å². The lowest BCUT2D eigenvalue weighted by molar-refractivity contribution is 0.131. The van der Waals surface area contributed by atoms with Gasteiger partial charge in [-0.1, -0.05) is 24.6 Å². The largest absolute Gasteiger partial charge is 0.393 e. The van der Waals surface area contributed by atoms with Crippen LogP contribution in [-0.4, -0.2) is 27.3 Å². The first-order valence-corrected chi connectivity index (χ1v) is 7.73. The van der Waals surface area contributed by atoms with Crippen LogP contribution in [0.25, 0.3) is 5.69 Å². The Labute approximate surface area is 125 Å². The van der Waals surface area contributed by atoms with Crippen molar-refractivity contribution in [1.82, 2.24) is 14.9 Å². The third-order valence-electron chi connectivity index (χ3n) is 4.36. The molecule has 112 valence electrons. The summed E-state index contributed by atoms with van der Waals surface area (Å²) in [5.41, 5.74) is 2.30. The maximum Gasteiger partial charge on any atom is 0.110 e. The predicted octanol–water partition coefficient (Wildman–Crippen LogP) is 2.43. The van der Waals surface area contributed by atoms with Crippen LogP contribution in [0.15, 0.2) is 36.5 Å². The second kappa shape index (κ2) is 6.41. The second-order valence-corrected chi connectivity index (χ2v) is 5.86. The Morgan fingerprint density at radius 2 is 2.10 bits per heavy atom. The molecule has 4 nitrogen and oxygen atoms in total. The summed E-state index contributed by atoms with van der Waals surface area (Å²) in [6, 6.07) is 10.3.